The number of carbonyl (C=O) groups is 2. The molecule has 2 rings (SSSR count). The molecule has 0 aliphatic heterocycles. The van der Waals surface area contributed by atoms with E-state index in [1.54, 1.807) is 19.1 Å². The van der Waals surface area contributed by atoms with Crippen LogP contribution in [0.1, 0.15) is 24.1 Å². The molecule has 7 nitrogen and oxygen atoms in total. The normalized spacial score (nSPS) is 13.0. The predicted molar refractivity (Wildman–Crippen MR) is 101 cm³/mol. The molecule has 7 heteroatoms. The number of nitrogens with one attached hydrogen (secondary N) is 1. The van der Waals surface area contributed by atoms with Crippen molar-refractivity contribution in [2.45, 2.75) is 13.0 Å². The Balaban J connectivity index is 2.17. The van der Waals surface area contributed by atoms with E-state index in [0.29, 0.717) is 5.56 Å². The Bertz CT molecular complexity index is 848. The number of hydrogen-bond acceptors (Lipinski definition) is 5. The summed E-state index contributed by atoms with van der Waals surface area (Å²) < 4.78 is 4.79. The third-order valence-corrected chi connectivity index (χ3v) is 4.04. The number of rotatable bonds is 7. The summed E-state index contributed by atoms with van der Waals surface area (Å²) in [5.74, 6) is -1.45. The Morgan fingerprint density at radius 2 is 1.85 bits per heavy atom. The summed E-state index contributed by atoms with van der Waals surface area (Å²) in [6, 6.07) is 14.5. The topological polar surface area (TPSA) is 98.5 Å². The van der Waals surface area contributed by atoms with Crippen molar-refractivity contribution in [1.82, 2.24) is 5.32 Å². The number of methoxy groups -OCH3 is 1. The Labute approximate surface area is 156 Å². The quantitative estimate of drug-likeness (QED) is 0.350. The van der Waals surface area contributed by atoms with E-state index in [9.17, 15) is 19.7 Å². The molecular formula is C20H20N2O5. The number of non-ortho nitro benzene ring substituents is 1. The van der Waals surface area contributed by atoms with E-state index < -0.39 is 28.8 Å². The van der Waals surface area contributed by atoms with Crippen molar-refractivity contribution in [2.75, 3.05) is 7.11 Å². The van der Waals surface area contributed by atoms with Crippen LogP contribution in [0.4, 0.5) is 5.69 Å². The average molecular weight is 368 g/mol. The van der Waals surface area contributed by atoms with Gasteiger partial charge < -0.3 is 10.1 Å². The first-order valence-corrected chi connectivity index (χ1v) is 8.28. The first kappa shape index (κ1) is 19.8. The summed E-state index contributed by atoms with van der Waals surface area (Å²) in [4.78, 5) is 34.6. The van der Waals surface area contributed by atoms with Crippen molar-refractivity contribution in [3.8, 4) is 0 Å². The molecule has 2 aromatic carbocycles. The molecule has 0 spiro atoms. The summed E-state index contributed by atoms with van der Waals surface area (Å²) in [6.45, 7) is 1.67. The molecule has 0 heterocycles. The summed E-state index contributed by atoms with van der Waals surface area (Å²) >= 11 is 0. The summed E-state index contributed by atoms with van der Waals surface area (Å²) in [6.07, 6.45) is 2.76. The van der Waals surface area contributed by atoms with E-state index in [-0.39, 0.29) is 5.69 Å². The molecule has 0 bridgehead atoms. The van der Waals surface area contributed by atoms with Crippen LogP contribution in [-0.4, -0.2) is 23.9 Å². The highest BCUT2D eigenvalue weighted by Crippen LogP contribution is 2.23. The molecular weight excluding hydrogens is 348 g/mol. The third-order valence-electron chi connectivity index (χ3n) is 4.04. The van der Waals surface area contributed by atoms with Crippen LogP contribution in [0.5, 0.6) is 0 Å². The molecule has 2 unspecified atom stereocenters. The minimum absolute atomic E-state index is 0.0565. The van der Waals surface area contributed by atoms with Crippen LogP contribution in [0.15, 0.2) is 60.7 Å². The van der Waals surface area contributed by atoms with Gasteiger partial charge in [-0.05, 0) is 24.1 Å². The highest BCUT2D eigenvalue weighted by atomic mass is 16.6. The van der Waals surface area contributed by atoms with Crippen LogP contribution in [0.2, 0.25) is 0 Å². The molecule has 0 saturated heterocycles. The Morgan fingerprint density at radius 1 is 1.15 bits per heavy atom. The maximum absolute atomic E-state index is 12.4. The maximum atomic E-state index is 12.4. The highest BCUT2D eigenvalue weighted by Gasteiger charge is 2.27. The van der Waals surface area contributed by atoms with Gasteiger partial charge in [0.05, 0.1) is 24.0 Å². The third kappa shape index (κ3) is 5.50. The second-order valence-corrected chi connectivity index (χ2v) is 5.89. The smallest absolute Gasteiger partial charge is 0.310 e. The van der Waals surface area contributed by atoms with Gasteiger partial charge in [0.15, 0.2) is 0 Å². The van der Waals surface area contributed by atoms with E-state index in [0.717, 1.165) is 5.56 Å². The first-order chi connectivity index (χ1) is 12.9. The van der Waals surface area contributed by atoms with Crippen LogP contribution in [0.3, 0.4) is 0 Å². The van der Waals surface area contributed by atoms with Gasteiger partial charge in [0.25, 0.3) is 5.69 Å². The average Bonchev–Trinajstić information content (AvgIpc) is 2.70. The molecule has 140 valence electrons. The lowest BCUT2D eigenvalue weighted by atomic mass is 9.94. The second-order valence-electron chi connectivity index (χ2n) is 5.89. The second kappa shape index (κ2) is 9.28. The number of esters is 1. The van der Waals surface area contributed by atoms with E-state index in [2.05, 4.69) is 5.32 Å². The van der Waals surface area contributed by atoms with Crippen molar-refractivity contribution in [3.63, 3.8) is 0 Å². The molecule has 0 aliphatic rings. The lowest BCUT2D eigenvalue weighted by Crippen LogP contribution is -2.35. The molecule has 0 radical (unpaired) electrons. The summed E-state index contributed by atoms with van der Waals surface area (Å²) in [7, 11) is 1.30. The molecule has 0 saturated carbocycles. The number of ether oxygens (including phenoxy) is 1. The molecule has 0 aromatic heterocycles. The van der Waals surface area contributed by atoms with E-state index in [4.69, 9.17) is 4.74 Å². The maximum Gasteiger partial charge on any atom is 0.310 e. The van der Waals surface area contributed by atoms with Crippen LogP contribution in [-0.2, 0) is 14.3 Å². The highest BCUT2D eigenvalue weighted by molar-refractivity contribution is 5.92. The fourth-order valence-corrected chi connectivity index (χ4v) is 2.59. The Hall–Kier alpha value is -3.48. The predicted octanol–water partition coefficient (Wildman–Crippen LogP) is 3.27. The van der Waals surface area contributed by atoms with Gasteiger partial charge in [-0.25, -0.2) is 0 Å². The summed E-state index contributed by atoms with van der Waals surface area (Å²) in [5, 5.41) is 13.6. The minimum atomic E-state index is -0.590. The van der Waals surface area contributed by atoms with Crippen LogP contribution < -0.4 is 5.32 Å². The van der Waals surface area contributed by atoms with Gasteiger partial charge in [0.2, 0.25) is 5.91 Å². The van der Waals surface area contributed by atoms with E-state index in [1.807, 2.05) is 30.3 Å². The van der Waals surface area contributed by atoms with Gasteiger partial charge in [-0.15, -0.1) is 0 Å². The van der Waals surface area contributed by atoms with Crippen molar-refractivity contribution in [3.05, 3.63) is 81.9 Å². The number of nitro groups is 1. The molecule has 2 atom stereocenters. The van der Waals surface area contributed by atoms with Gasteiger partial charge in [-0.3, -0.25) is 19.7 Å². The van der Waals surface area contributed by atoms with Gasteiger partial charge in [0, 0.05) is 18.2 Å². The monoisotopic (exact) mass is 368 g/mol. The van der Waals surface area contributed by atoms with Crippen molar-refractivity contribution >= 4 is 23.6 Å². The molecule has 0 fully saturated rings. The zero-order valence-corrected chi connectivity index (χ0v) is 15.0. The fraction of sp³-hybridized carbons (Fsp3) is 0.200. The van der Waals surface area contributed by atoms with Crippen LogP contribution in [0, 0.1) is 16.0 Å². The molecule has 1 amide bonds. The lowest BCUT2D eigenvalue weighted by Gasteiger charge is -2.23. The molecule has 0 aliphatic carbocycles. The summed E-state index contributed by atoms with van der Waals surface area (Å²) in [5.41, 5.74) is 1.24. The molecule has 27 heavy (non-hydrogen) atoms. The number of benzene rings is 2. The fourth-order valence-electron chi connectivity index (χ4n) is 2.59. The van der Waals surface area contributed by atoms with Gasteiger partial charge in [0.1, 0.15) is 0 Å². The number of nitrogens with zero attached hydrogens (tertiary/aromatic N) is 1. The minimum Gasteiger partial charge on any atom is -0.469 e. The van der Waals surface area contributed by atoms with E-state index in [1.165, 1.54) is 31.4 Å². The molecule has 2 aromatic rings. The molecule has 1 N–H and O–H groups in total. The standard InChI is InChI=1S/C20H20N2O5/c1-14(20(24)27-2)19(16-8-4-3-5-9-16)21-18(23)12-11-15-7-6-10-17(13-15)22(25)26/h3-14,19H,1-2H3,(H,21,23)/b12-11+. The van der Waals surface area contributed by atoms with Gasteiger partial charge in [-0.1, -0.05) is 42.5 Å². The van der Waals surface area contributed by atoms with Gasteiger partial charge >= 0.3 is 5.97 Å². The van der Waals surface area contributed by atoms with Crippen molar-refractivity contribution in [2.24, 2.45) is 5.92 Å². The zero-order chi connectivity index (χ0) is 19.8. The lowest BCUT2D eigenvalue weighted by molar-refractivity contribution is -0.384. The Kier molecular flexibility index (Phi) is 6.82. The zero-order valence-electron chi connectivity index (χ0n) is 15.0. The number of amides is 1. The first-order valence-electron chi connectivity index (χ1n) is 8.28. The Morgan fingerprint density at radius 3 is 2.48 bits per heavy atom. The largest absolute Gasteiger partial charge is 0.469 e. The van der Waals surface area contributed by atoms with Crippen LogP contribution >= 0.6 is 0 Å². The number of hydrogen-bond donors (Lipinski definition) is 1. The van der Waals surface area contributed by atoms with E-state index >= 15 is 0 Å². The van der Waals surface area contributed by atoms with Crippen molar-refractivity contribution in [1.29, 1.82) is 0 Å². The van der Waals surface area contributed by atoms with Crippen LogP contribution in [0.25, 0.3) is 6.08 Å². The number of nitro benzene ring substituents is 1. The SMILES string of the molecule is COC(=O)C(C)C(NC(=O)/C=C/c1cccc([N+](=O)[O-])c1)c1ccccc1. The number of carbonyl (C=O) groups excluding carboxylic acids is 2. The van der Waals surface area contributed by atoms with Gasteiger partial charge in [-0.2, -0.15) is 0 Å². The van der Waals surface area contributed by atoms with Crippen molar-refractivity contribution < 1.29 is 19.2 Å².